The number of rotatable bonds is 8. The van der Waals surface area contributed by atoms with Gasteiger partial charge >= 0.3 is 0 Å². The number of allylic oxidation sites excluding steroid dienone is 4. The maximum Gasteiger partial charge on any atom is 0.140 e. The number of nitrogens with zero attached hydrogens (tertiary/aromatic N) is 5. The Morgan fingerprint density at radius 3 is 2.35 bits per heavy atom. The Kier molecular flexibility index (Phi) is 15.3. The zero-order valence-corrected chi connectivity index (χ0v) is 25.7. The number of hydrogen-bond donors (Lipinski definition) is 0. The minimum Gasteiger partial charge on any atom is -0.340 e. The quantitative estimate of drug-likeness (QED) is 0.166. The van der Waals surface area contributed by atoms with Crippen LogP contribution >= 0.6 is 0 Å². The molecule has 3 aromatic heterocycles. The molecule has 40 heavy (non-hydrogen) atoms. The molecule has 0 bridgehead atoms. The minimum atomic E-state index is 0.139. The van der Waals surface area contributed by atoms with Crippen LogP contribution in [0.1, 0.15) is 78.0 Å². The van der Waals surface area contributed by atoms with Gasteiger partial charge in [0.1, 0.15) is 11.5 Å². The first-order valence-corrected chi connectivity index (χ1v) is 14.1. The van der Waals surface area contributed by atoms with Gasteiger partial charge in [-0.25, -0.2) is 4.98 Å². The number of hydrogen-bond acceptors (Lipinski definition) is 3. The van der Waals surface area contributed by atoms with Gasteiger partial charge in [-0.05, 0) is 69.5 Å². The number of aromatic nitrogens is 4. The summed E-state index contributed by atoms with van der Waals surface area (Å²) < 4.78 is 4.33. The van der Waals surface area contributed by atoms with Crippen molar-refractivity contribution < 1.29 is 0 Å². The highest BCUT2D eigenvalue weighted by molar-refractivity contribution is 5.83. The van der Waals surface area contributed by atoms with Gasteiger partial charge < -0.3 is 4.57 Å². The fourth-order valence-electron chi connectivity index (χ4n) is 4.06. The van der Waals surface area contributed by atoms with Crippen LogP contribution < -0.4 is 0 Å². The number of imidazole rings is 1. The van der Waals surface area contributed by atoms with Gasteiger partial charge in [0.25, 0.3) is 0 Å². The van der Waals surface area contributed by atoms with Crippen molar-refractivity contribution in [1.82, 2.24) is 19.1 Å². The van der Waals surface area contributed by atoms with Gasteiger partial charge in [-0.15, -0.1) is 13.2 Å². The Bertz CT molecular complexity index is 1400. The third kappa shape index (κ3) is 8.63. The van der Waals surface area contributed by atoms with Gasteiger partial charge in [-0.3, -0.25) is 14.5 Å². The van der Waals surface area contributed by atoms with E-state index in [1.54, 1.807) is 18.5 Å². The van der Waals surface area contributed by atoms with Gasteiger partial charge in [-0.2, -0.15) is 0 Å². The van der Waals surface area contributed by atoms with Crippen molar-refractivity contribution in [3.8, 4) is 5.69 Å². The van der Waals surface area contributed by atoms with Crippen LogP contribution in [-0.4, -0.2) is 25.3 Å². The lowest BCUT2D eigenvalue weighted by Crippen LogP contribution is -2.04. The molecule has 4 rings (SSSR count). The Morgan fingerprint density at radius 2 is 1.75 bits per heavy atom. The third-order valence-corrected chi connectivity index (χ3v) is 5.84. The summed E-state index contributed by atoms with van der Waals surface area (Å²) in [5, 5.41) is 1.27. The van der Waals surface area contributed by atoms with Crippen LogP contribution in [0.25, 0.3) is 27.9 Å². The number of benzene rings is 1. The molecule has 3 heterocycles. The normalized spacial score (nSPS) is 11.3. The van der Waals surface area contributed by atoms with Crippen molar-refractivity contribution in [3.05, 3.63) is 116 Å². The highest BCUT2D eigenvalue weighted by Crippen LogP contribution is 2.28. The van der Waals surface area contributed by atoms with E-state index in [2.05, 4.69) is 84.7 Å². The first-order valence-electron chi connectivity index (χ1n) is 14.1. The molecule has 1 aromatic carbocycles. The smallest absolute Gasteiger partial charge is 0.140 e. The fraction of sp³-hybridized carbons (Fsp3) is 0.286. The lowest BCUT2D eigenvalue weighted by Gasteiger charge is -2.15. The molecular formula is C35H47N5. The minimum absolute atomic E-state index is 0.139. The number of aliphatic imine (C=N–C) groups is 1. The van der Waals surface area contributed by atoms with Crippen LogP contribution in [0.5, 0.6) is 0 Å². The van der Waals surface area contributed by atoms with E-state index >= 15 is 0 Å². The van der Waals surface area contributed by atoms with E-state index in [-0.39, 0.29) is 6.04 Å². The second-order valence-electron chi connectivity index (χ2n) is 8.43. The Hall–Kier alpha value is -4.25. The Labute approximate surface area is 242 Å². The van der Waals surface area contributed by atoms with E-state index in [1.165, 1.54) is 16.5 Å². The molecule has 1 atom stereocenters. The zero-order valence-electron chi connectivity index (χ0n) is 25.7. The van der Waals surface area contributed by atoms with E-state index in [1.807, 2.05) is 76.7 Å². The van der Waals surface area contributed by atoms with Crippen molar-refractivity contribution in [2.24, 2.45) is 4.99 Å². The monoisotopic (exact) mass is 537 g/mol. The lowest BCUT2D eigenvalue weighted by atomic mass is 10.1. The SMILES string of the molecule is C=CC.C=CC(C/C=C(\C)c1nc(C(=C)N=CC)cn1-c1cccnc1)n1ccc2c(C)cccc21.CC.CC. The van der Waals surface area contributed by atoms with Crippen LogP contribution in [0.15, 0.2) is 104 Å². The topological polar surface area (TPSA) is 48.0 Å². The summed E-state index contributed by atoms with van der Waals surface area (Å²) in [5.41, 5.74) is 5.89. The second-order valence-corrected chi connectivity index (χ2v) is 8.43. The van der Waals surface area contributed by atoms with Crippen molar-refractivity contribution in [3.63, 3.8) is 0 Å². The van der Waals surface area contributed by atoms with Crippen LogP contribution in [0, 0.1) is 6.92 Å². The molecule has 0 fully saturated rings. The molecule has 212 valence electrons. The molecule has 0 amide bonds. The average Bonchev–Trinajstić information content (AvgIpc) is 3.63. The van der Waals surface area contributed by atoms with Gasteiger partial charge in [0.15, 0.2) is 0 Å². The summed E-state index contributed by atoms with van der Waals surface area (Å²) in [7, 11) is 0. The van der Waals surface area contributed by atoms with Crippen molar-refractivity contribution in [1.29, 1.82) is 0 Å². The van der Waals surface area contributed by atoms with E-state index in [9.17, 15) is 0 Å². The maximum atomic E-state index is 4.85. The fourth-order valence-corrected chi connectivity index (χ4v) is 4.06. The van der Waals surface area contributed by atoms with Gasteiger partial charge in [0.05, 0.1) is 23.6 Å². The molecule has 0 saturated heterocycles. The summed E-state index contributed by atoms with van der Waals surface area (Å²) >= 11 is 0. The van der Waals surface area contributed by atoms with Crippen molar-refractivity contribution in [2.45, 2.75) is 67.9 Å². The van der Waals surface area contributed by atoms with Crippen LogP contribution in [0.2, 0.25) is 0 Å². The second kappa shape index (κ2) is 18.1. The molecular weight excluding hydrogens is 490 g/mol. The number of aryl methyl sites for hydroxylation is 1. The molecule has 0 N–H and O–H groups in total. The maximum absolute atomic E-state index is 4.85. The van der Waals surface area contributed by atoms with Crippen LogP contribution in [0.3, 0.4) is 0 Å². The van der Waals surface area contributed by atoms with E-state index in [4.69, 9.17) is 4.98 Å². The van der Waals surface area contributed by atoms with E-state index in [0.717, 1.165) is 29.2 Å². The zero-order chi connectivity index (χ0) is 30.1. The Balaban J connectivity index is 0.00000105. The van der Waals surface area contributed by atoms with E-state index < -0.39 is 0 Å². The molecule has 0 radical (unpaired) electrons. The Morgan fingerprint density at radius 1 is 1.05 bits per heavy atom. The largest absolute Gasteiger partial charge is 0.340 e. The lowest BCUT2D eigenvalue weighted by molar-refractivity contribution is 0.635. The molecule has 0 aliphatic rings. The predicted molar refractivity (Wildman–Crippen MR) is 177 cm³/mol. The summed E-state index contributed by atoms with van der Waals surface area (Å²) in [6, 6.07) is 12.7. The third-order valence-electron chi connectivity index (χ3n) is 5.84. The highest BCUT2D eigenvalue weighted by atomic mass is 15.1. The number of fused-ring (bicyclic) bond motifs is 1. The summed E-state index contributed by atoms with van der Waals surface area (Å²) in [5.74, 6) is 0.849. The van der Waals surface area contributed by atoms with Crippen LogP contribution in [-0.2, 0) is 0 Å². The van der Waals surface area contributed by atoms with Crippen LogP contribution in [0.4, 0.5) is 0 Å². The molecule has 0 aliphatic heterocycles. The number of pyridine rings is 1. The van der Waals surface area contributed by atoms with E-state index in [0.29, 0.717) is 5.70 Å². The summed E-state index contributed by atoms with van der Waals surface area (Å²) in [6.45, 7) is 27.5. The molecule has 1 unspecified atom stereocenters. The highest BCUT2D eigenvalue weighted by Gasteiger charge is 2.15. The average molecular weight is 538 g/mol. The molecule has 4 aromatic rings. The summed E-state index contributed by atoms with van der Waals surface area (Å²) in [6.07, 6.45) is 16.2. The predicted octanol–water partition coefficient (Wildman–Crippen LogP) is 10.1. The van der Waals surface area contributed by atoms with Gasteiger partial charge in [0.2, 0.25) is 0 Å². The van der Waals surface area contributed by atoms with Crippen molar-refractivity contribution in [2.75, 3.05) is 0 Å². The standard InChI is InChI=1S/C28H29N5.C3H6.2C2H6/c1-6-23(32-17-15-25-20(3)10-8-12-27(25)32)14-13-21(4)28-31-26(22(5)30-7-2)19-33(28)24-11-9-16-29-18-24;1-3-2;2*1-2/h6-13,15-19,23H,1,5,14H2,2-4H3;3H,1H2,2H3;2*1-2H3/b21-13+,30-7?;;;. The first-order chi connectivity index (χ1) is 19.4. The first kappa shape index (κ1) is 33.8. The van der Waals surface area contributed by atoms with Gasteiger partial charge in [0, 0.05) is 35.7 Å². The molecule has 0 spiro atoms. The molecule has 0 saturated carbocycles. The summed E-state index contributed by atoms with van der Waals surface area (Å²) in [4.78, 5) is 13.4. The molecule has 5 heteroatoms. The molecule has 5 nitrogen and oxygen atoms in total. The van der Waals surface area contributed by atoms with Crippen molar-refractivity contribution >= 4 is 28.4 Å². The molecule has 0 aliphatic carbocycles. The van der Waals surface area contributed by atoms with Gasteiger partial charge in [-0.1, -0.05) is 64.6 Å².